The lowest BCUT2D eigenvalue weighted by atomic mass is 10.3. The maximum Gasteiger partial charge on any atom is 0.322 e. The number of anilines is 1. The van der Waals surface area contributed by atoms with E-state index in [1.54, 1.807) is 43.5 Å². The molecule has 0 spiro atoms. The summed E-state index contributed by atoms with van der Waals surface area (Å²) in [6.45, 7) is 0.474. The second-order valence-electron chi connectivity index (χ2n) is 4.99. The number of carbonyl (C=O) groups excluding carboxylic acids is 2. The average Bonchev–Trinajstić information content (AvgIpc) is 3.11. The molecule has 0 aliphatic carbocycles. The number of hydrogen-bond donors (Lipinski definition) is 1. The van der Waals surface area contributed by atoms with Crippen molar-refractivity contribution in [2.24, 2.45) is 0 Å². The highest BCUT2D eigenvalue weighted by molar-refractivity contribution is 5.89. The predicted molar refractivity (Wildman–Crippen MR) is 87.8 cm³/mol. The largest absolute Gasteiger partial charge is 0.497 e. The summed E-state index contributed by atoms with van der Waals surface area (Å²) in [4.78, 5) is 25.3. The first-order valence-corrected chi connectivity index (χ1v) is 7.41. The zero-order valence-electron chi connectivity index (χ0n) is 13.7. The van der Waals surface area contributed by atoms with Crippen LogP contribution in [0.25, 0.3) is 0 Å². The maximum absolute atomic E-state index is 12.5. The Morgan fingerprint density at radius 3 is 2.50 bits per heavy atom. The highest BCUT2D eigenvalue weighted by Gasteiger charge is 2.17. The Morgan fingerprint density at radius 1 is 1.17 bits per heavy atom. The molecule has 0 bridgehead atoms. The van der Waals surface area contributed by atoms with Crippen LogP contribution in [0.2, 0.25) is 0 Å². The topological polar surface area (TPSA) is 81.0 Å². The van der Waals surface area contributed by atoms with Gasteiger partial charge in [-0.3, -0.25) is 4.79 Å². The molecule has 1 aromatic carbocycles. The van der Waals surface area contributed by atoms with Crippen LogP contribution in [0, 0.1) is 0 Å². The summed E-state index contributed by atoms with van der Waals surface area (Å²) in [5, 5.41) is 2.79. The molecule has 0 atom stereocenters. The van der Waals surface area contributed by atoms with E-state index in [9.17, 15) is 9.59 Å². The molecule has 2 aromatic rings. The number of ether oxygens (including phenoxy) is 2. The number of amides is 2. The third-order valence-electron chi connectivity index (χ3n) is 3.37. The van der Waals surface area contributed by atoms with Crippen LogP contribution in [0.1, 0.15) is 12.2 Å². The quantitative estimate of drug-likeness (QED) is 0.789. The van der Waals surface area contributed by atoms with Gasteiger partial charge in [0, 0.05) is 12.2 Å². The molecule has 24 heavy (non-hydrogen) atoms. The lowest BCUT2D eigenvalue weighted by Crippen LogP contribution is -2.36. The molecule has 7 nitrogen and oxygen atoms in total. The first kappa shape index (κ1) is 17.4. The first-order chi connectivity index (χ1) is 11.6. The number of benzene rings is 1. The summed E-state index contributed by atoms with van der Waals surface area (Å²) in [7, 11) is 2.89. The molecular formula is C17H20N2O5. The molecule has 0 saturated carbocycles. The van der Waals surface area contributed by atoms with Gasteiger partial charge in [0.2, 0.25) is 0 Å². The van der Waals surface area contributed by atoms with Crippen LogP contribution < -0.4 is 10.1 Å². The van der Waals surface area contributed by atoms with Crippen LogP contribution in [-0.2, 0) is 16.1 Å². The highest BCUT2D eigenvalue weighted by Crippen LogP contribution is 2.16. The lowest BCUT2D eigenvalue weighted by molar-refractivity contribution is -0.140. The van der Waals surface area contributed by atoms with Crippen molar-refractivity contribution in [1.82, 2.24) is 4.90 Å². The zero-order chi connectivity index (χ0) is 17.4. The normalized spacial score (nSPS) is 10.1. The van der Waals surface area contributed by atoms with Crippen LogP contribution in [-0.4, -0.2) is 37.7 Å². The molecule has 0 fully saturated rings. The summed E-state index contributed by atoms with van der Waals surface area (Å²) >= 11 is 0. The van der Waals surface area contributed by atoms with Gasteiger partial charge in [0.15, 0.2) is 0 Å². The van der Waals surface area contributed by atoms with E-state index in [4.69, 9.17) is 9.15 Å². The van der Waals surface area contributed by atoms with Gasteiger partial charge in [-0.15, -0.1) is 0 Å². The van der Waals surface area contributed by atoms with Gasteiger partial charge in [-0.2, -0.15) is 0 Å². The van der Waals surface area contributed by atoms with E-state index >= 15 is 0 Å². The van der Waals surface area contributed by atoms with Gasteiger partial charge in [0.05, 0.1) is 33.4 Å². The molecule has 0 saturated heterocycles. The van der Waals surface area contributed by atoms with Crippen molar-refractivity contribution in [3.63, 3.8) is 0 Å². The minimum absolute atomic E-state index is 0.104. The fraction of sp³-hybridized carbons (Fsp3) is 0.294. The van der Waals surface area contributed by atoms with Crippen molar-refractivity contribution in [1.29, 1.82) is 0 Å². The van der Waals surface area contributed by atoms with Gasteiger partial charge in [-0.05, 0) is 36.4 Å². The van der Waals surface area contributed by atoms with E-state index in [-0.39, 0.29) is 31.5 Å². The number of furan rings is 1. The second kappa shape index (κ2) is 8.61. The molecule has 0 aliphatic heterocycles. The van der Waals surface area contributed by atoms with Gasteiger partial charge in [-0.1, -0.05) is 0 Å². The summed E-state index contributed by atoms with van der Waals surface area (Å²) in [5.74, 6) is 0.951. The van der Waals surface area contributed by atoms with Gasteiger partial charge in [-0.25, -0.2) is 4.79 Å². The van der Waals surface area contributed by atoms with E-state index in [2.05, 4.69) is 10.1 Å². The first-order valence-electron chi connectivity index (χ1n) is 7.41. The van der Waals surface area contributed by atoms with Crippen molar-refractivity contribution in [2.75, 3.05) is 26.1 Å². The van der Waals surface area contributed by atoms with Crippen LogP contribution in [0.15, 0.2) is 47.1 Å². The molecule has 128 valence electrons. The monoisotopic (exact) mass is 332 g/mol. The van der Waals surface area contributed by atoms with Crippen molar-refractivity contribution in [3.05, 3.63) is 48.4 Å². The van der Waals surface area contributed by atoms with E-state index < -0.39 is 0 Å². The van der Waals surface area contributed by atoms with Crippen LogP contribution >= 0.6 is 0 Å². The molecule has 1 aromatic heterocycles. The van der Waals surface area contributed by atoms with E-state index in [1.165, 1.54) is 18.3 Å². The number of esters is 1. The third-order valence-corrected chi connectivity index (χ3v) is 3.37. The number of rotatable bonds is 7. The van der Waals surface area contributed by atoms with E-state index in [0.29, 0.717) is 17.2 Å². The third kappa shape index (κ3) is 5.05. The minimum Gasteiger partial charge on any atom is -0.497 e. The van der Waals surface area contributed by atoms with Crippen LogP contribution in [0.5, 0.6) is 5.75 Å². The van der Waals surface area contributed by atoms with Crippen molar-refractivity contribution < 1.29 is 23.5 Å². The highest BCUT2D eigenvalue weighted by atomic mass is 16.5. The summed E-state index contributed by atoms with van der Waals surface area (Å²) in [6, 6.07) is 10.2. The molecule has 2 rings (SSSR count). The minimum atomic E-state index is -0.378. The lowest BCUT2D eigenvalue weighted by Gasteiger charge is -2.21. The number of methoxy groups -OCH3 is 2. The predicted octanol–water partition coefficient (Wildman–Crippen LogP) is 2.89. The number of nitrogens with zero attached hydrogens (tertiary/aromatic N) is 1. The zero-order valence-corrected chi connectivity index (χ0v) is 13.7. The summed E-state index contributed by atoms with van der Waals surface area (Å²) in [6.07, 6.45) is 1.64. The standard InChI is InChI=1S/C17H20N2O5/c1-22-14-7-5-13(6-8-14)18-17(21)19(10-9-16(20)23-2)12-15-4-3-11-24-15/h3-8,11H,9-10,12H2,1-2H3,(H,18,21). The Morgan fingerprint density at radius 2 is 1.92 bits per heavy atom. The summed E-state index contributed by atoms with van der Waals surface area (Å²) in [5.41, 5.74) is 0.628. The Kier molecular flexibility index (Phi) is 6.24. The Labute approximate surface area is 140 Å². The number of urea groups is 1. The Balaban J connectivity index is 2.02. The van der Waals surface area contributed by atoms with Gasteiger partial charge < -0.3 is 24.1 Å². The van der Waals surface area contributed by atoms with Crippen molar-refractivity contribution in [3.8, 4) is 5.75 Å². The molecular weight excluding hydrogens is 312 g/mol. The van der Waals surface area contributed by atoms with E-state index in [1.807, 2.05) is 0 Å². The SMILES string of the molecule is COC(=O)CCN(Cc1ccco1)C(=O)Nc1ccc(OC)cc1. The van der Waals surface area contributed by atoms with Crippen LogP contribution in [0.3, 0.4) is 0 Å². The molecule has 0 aliphatic rings. The smallest absolute Gasteiger partial charge is 0.322 e. The van der Waals surface area contributed by atoms with Crippen molar-refractivity contribution in [2.45, 2.75) is 13.0 Å². The molecule has 1 N–H and O–H groups in total. The molecule has 0 unspecified atom stereocenters. The van der Waals surface area contributed by atoms with Crippen molar-refractivity contribution >= 4 is 17.7 Å². The summed E-state index contributed by atoms with van der Waals surface area (Å²) < 4.78 is 15.0. The molecule has 7 heteroatoms. The number of carbonyl (C=O) groups is 2. The van der Waals surface area contributed by atoms with Gasteiger partial charge in [0.25, 0.3) is 0 Å². The molecule has 0 radical (unpaired) electrons. The van der Waals surface area contributed by atoms with E-state index in [0.717, 1.165) is 0 Å². The maximum atomic E-state index is 12.5. The van der Waals surface area contributed by atoms with Crippen LogP contribution in [0.4, 0.5) is 10.5 Å². The molecule has 1 heterocycles. The fourth-order valence-corrected chi connectivity index (χ4v) is 2.05. The fourth-order valence-electron chi connectivity index (χ4n) is 2.05. The second-order valence-corrected chi connectivity index (χ2v) is 4.99. The Hall–Kier alpha value is -2.96. The average molecular weight is 332 g/mol. The van der Waals surface area contributed by atoms with Gasteiger partial charge in [0.1, 0.15) is 11.5 Å². The number of nitrogens with one attached hydrogen (secondary N) is 1. The van der Waals surface area contributed by atoms with Gasteiger partial charge >= 0.3 is 12.0 Å². The molecule has 2 amide bonds. The number of hydrogen-bond acceptors (Lipinski definition) is 5. The Bertz CT molecular complexity index is 652.